The van der Waals surface area contributed by atoms with Gasteiger partial charge in [-0.15, -0.1) is 0 Å². The lowest BCUT2D eigenvalue weighted by atomic mass is 10.2. The van der Waals surface area contributed by atoms with Gasteiger partial charge in [-0.05, 0) is 24.3 Å². The smallest absolute Gasteiger partial charge is 0.243 e. The van der Waals surface area contributed by atoms with Gasteiger partial charge in [0.25, 0.3) is 0 Å². The molecule has 2 heterocycles. The summed E-state index contributed by atoms with van der Waals surface area (Å²) in [4.78, 5) is 20.4. The lowest BCUT2D eigenvalue weighted by Gasteiger charge is -2.35. The number of piperazine rings is 1. The van der Waals surface area contributed by atoms with Crippen LogP contribution in [0.3, 0.4) is 0 Å². The van der Waals surface area contributed by atoms with Crippen molar-refractivity contribution < 1.29 is 13.2 Å². The molecule has 0 atom stereocenters. The number of nitrogens with zero attached hydrogens (tertiary/aromatic N) is 3. The van der Waals surface area contributed by atoms with Crippen LogP contribution < -0.4 is 9.62 Å². The summed E-state index contributed by atoms with van der Waals surface area (Å²) in [6.45, 7) is 2.48. The van der Waals surface area contributed by atoms with Crippen LogP contribution in [-0.4, -0.2) is 56.9 Å². The summed E-state index contributed by atoms with van der Waals surface area (Å²) < 4.78 is 27.2. The van der Waals surface area contributed by atoms with E-state index in [1.807, 2.05) is 18.2 Å². The number of aromatic nitrogens is 1. The van der Waals surface area contributed by atoms with Crippen LogP contribution >= 0.6 is 23.2 Å². The Hall–Kier alpha value is -1.87. The fourth-order valence-electron chi connectivity index (χ4n) is 2.99. The molecule has 1 aromatic carbocycles. The zero-order valence-corrected chi connectivity index (χ0v) is 17.3. The highest BCUT2D eigenvalue weighted by molar-refractivity contribution is 7.89. The van der Waals surface area contributed by atoms with Crippen molar-refractivity contribution >= 4 is 45.0 Å². The third kappa shape index (κ3) is 4.94. The standard InChI is InChI=1S/C18H20Cl2N4O3S/c19-14-4-3-5-15(20)18(14)28(26,27)22-9-7-17(25)24-12-10-23(11-13-24)16-6-1-2-8-21-16/h1-6,8,22H,7,9-13H2. The lowest BCUT2D eigenvalue weighted by molar-refractivity contribution is -0.131. The number of hydrogen-bond acceptors (Lipinski definition) is 5. The van der Waals surface area contributed by atoms with Crippen LogP contribution in [0.1, 0.15) is 6.42 Å². The van der Waals surface area contributed by atoms with Crippen LogP contribution in [0, 0.1) is 0 Å². The van der Waals surface area contributed by atoms with E-state index in [1.54, 1.807) is 17.2 Å². The zero-order valence-electron chi connectivity index (χ0n) is 15.0. The molecule has 0 unspecified atom stereocenters. The molecule has 0 aliphatic carbocycles. The summed E-state index contributed by atoms with van der Waals surface area (Å²) in [6, 6.07) is 10.2. The molecule has 0 bridgehead atoms. The first-order valence-corrected chi connectivity index (χ1v) is 11.0. The molecule has 150 valence electrons. The van der Waals surface area contributed by atoms with Crippen LogP contribution in [0.5, 0.6) is 0 Å². The van der Waals surface area contributed by atoms with Gasteiger partial charge in [0.1, 0.15) is 10.7 Å². The van der Waals surface area contributed by atoms with E-state index in [0.717, 1.165) is 5.82 Å². The fraction of sp³-hybridized carbons (Fsp3) is 0.333. The maximum atomic E-state index is 12.4. The molecule has 1 aromatic heterocycles. The number of carbonyl (C=O) groups excluding carboxylic acids is 1. The Bertz CT molecular complexity index is 913. The van der Waals surface area contributed by atoms with Crippen molar-refractivity contribution in [2.24, 2.45) is 0 Å². The second-order valence-electron chi connectivity index (χ2n) is 6.25. The minimum absolute atomic E-state index is 0.0246. The highest BCUT2D eigenvalue weighted by atomic mass is 35.5. The van der Waals surface area contributed by atoms with Crippen LogP contribution in [0.25, 0.3) is 0 Å². The number of benzene rings is 1. The highest BCUT2D eigenvalue weighted by Crippen LogP contribution is 2.28. The SMILES string of the molecule is O=C(CCNS(=O)(=O)c1c(Cl)cccc1Cl)N1CCN(c2ccccn2)CC1. The molecule has 0 saturated carbocycles. The summed E-state index contributed by atoms with van der Waals surface area (Å²) in [5, 5.41) is 0.0777. The van der Waals surface area contributed by atoms with Gasteiger partial charge in [-0.2, -0.15) is 0 Å². The number of sulfonamides is 1. The molecule has 0 spiro atoms. The van der Waals surface area contributed by atoms with Gasteiger partial charge in [-0.1, -0.05) is 35.3 Å². The molecule has 3 rings (SSSR count). The van der Waals surface area contributed by atoms with E-state index in [1.165, 1.54) is 12.1 Å². The number of amides is 1. The van der Waals surface area contributed by atoms with Crippen molar-refractivity contribution in [2.75, 3.05) is 37.6 Å². The first-order chi connectivity index (χ1) is 13.4. The van der Waals surface area contributed by atoms with Gasteiger partial charge in [0.15, 0.2) is 0 Å². The maximum absolute atomic E-state index is 12.4. The van der Waals surface area contributed by atoms with Crippen molar-refractivity contribution in [1.82, 2.24) is 14.6 Å². The van der Waals surface area contributed by atoms with E-state index < -0.39 is 10.0 Å². The quantitative estimate of drug-likeness (QED) is 0.742. The van der Waals surface area contributed by atoms with Gasteiger partial charge in [0.05, 0.1) is 10.0 Å². The third-order valence-electron chi connectivity index (χ3n) is 4.42. The minimum atomic E-state index is -3.89. The highest BCUT2D eigenvalue weighted by Gasteiger charge is 2.24. The molecule has 28 heavy (non-hydrogen) atoms. The van der Waals surface area contributed by atoms with Crippen molar-refractivity contribution in [2.45, 2.75) is 11.3 Å². The van der Waals surface area contributed by atoms with Crippen molar-refractivity contribution in [3.8, 4) is 0 Å². The summed E-state index contributed by atoms with van der Waals surface area (Å²) in [5.74, 6) is 0.785. The largest absolute Gasteiger partial charge is 0.353 e. The van der Waals surface area contributed by atoms with Gasteiger partial charge >= 0.3 is 0 Å². The molecule has 1 aliphatic heterocycles. The van der Waals surface area contributed by atoms with Gasteiger partial charge in [0, 0.05) is 45.3 Å². The average molecular weight is 443 g/mol. The summed E-state index contributed by atoms with van der Waals surface area (Å²) >= 11 is 11.9. The average Bonchev–Trinajstić information content (AvgIpc) is 2.68. The Morgan fingerprint density at radius 1 is 1.04 bits per heavy atom. The second-order valence-corrected chi connectivity index (χ2v) is 8.77. The molecule has 10 heteroatoms. The normalized spacial score (nSPS) is 14.9. The van der Waals surface area contributed by atoms with E-state index >= 15 is 0 Å². The fourth-order valence-corrected chi connectivity index (χ4v) is 5.16. The lowest BCUT2D eigenvalue weighted by Crippen LogP contribution is -2.49. The number of halogens is 2. The minimum Gasteiger partial charge on any atom is -0.353 e. The zero-order chi connectivity index (χ0) is 20.1. The van der Waals surface area contributed by atoms with Crippen molar-refractivity contribution in [1.29, 1.82) is 0 Å². The van der Waals surface area contributed by atoms with E-state index in [2.05, 4.69) is 14.6 Å². The molecule has 1 aliphatic rings. The first-order valence-electron chi connectivity index (χ1n) is 8.76. The Labute approximate surface area is 174 Å². The second kappa shape index (κ2) is 9.09. The molecule has 1 fully saturated rings. The topological polar surface area (TPSA) is 82.6 Å². The molecular weight excluding hydrogens is 423 g/mol. The summed E-state index contributed by atoms with van der Waals surface area (Å²) in [5.41, 5.74) is 0. The van der Waals surface area contributed by atoms with Crippen LogP contribution in [0.2, 0.25) is 10.0 Å². The van der Waals surface area contributed by atoms with Crippen LogP contribution in [-0.2, 0) is 14.8 Å². The Balaban J connectivity index is 1.50. The molecule has 2 aromatic rings. The molecule has 1 N–H and O–H groups in total. The van der Waals surface area contributed by atoms with Gasteiger partial charge < -0.3 is 9.80 Å². The van der Waals surface area contributed by atoms with Crippen molar-refractivity contribution in [3.05, 3.63) is 52.6 Å². The number of pyridine rings is 1. The predicted octanol–water partition coefficient (Wildman–Crippen LogP) is 2.41. The maximum Gasteiger partial charge on any atom is 0.243 e. The molecule has 0 radical (unpaired) electrons. The van der Waals surface area contributed by atoms with Gasteiger partial charge in [0.2, 0.25) is 15.9 Å². The van der Waals surface area contributed by atoms with E-state index in [-0.39, 0.29) is 33.8 Å². The third-order valence-corrected chi connectivity index (χ3v) is 6.84. The Kier molecular flexibility index (Phi) is 6.77. The van der Waals surface area contributed by atoms with Gasteiger partial charge in [-0.25, -0.2) is 18.1 Å². The monoisotopic (exact) mass is 442 g/mol. The van der Waals surface area contributed by atoms with E-state index in [0.29, 0.717) is 26.2 Å². The molecule has 1 amide bonds. The van der Waals surface area contributed by atoms with Crippen molar-refractivity contribution in [3.63, 3.8) is 0 Å². The predicted molar refractivity (Wildman–Crippen MR) is 109 cm³/mol. The summed E-state index contributed by atoms with van der Waals surface area (Å²) in [6.07, 6.45) is 1.80. The molecular formula is C18H20Cl2N4O3S. The van der Waals surface area contributed by atoms with Gasteiger partial charge in [-0.3, -0.25) is 4.79 Å². The number of carbonyl (C=O) groups is 1. The number of anilines is 1. The Morgan fingerprint density at radius 3 is 2.32 bits per heavy atom. The summed E-state index contributed by atoms with van der Waals surface area (Å²) in [7, 11) is -3.89. The van der Waals surface area contributed by atoms with Crippen LogP contribution in [0.4, 0.5) is 5.82 Å². The van der Waals surface area contributed by atoms with E-state index in [4.69, 9.17) is 23.2 Å². The molecule has 1 saturated heterocycles. The number of nitrogens with one attached hydrogen (secondary N) is 1. The molecule has 7 nitrogen and oxygen atoms in total. The van der Waals surface area contributed by atoms with Crippen LogP contribution in [0.15, 0.2) is 47.5 Å². The van der Waals surface area contributed by atoms with E-state index in [9.17, 15) is 13.2 Å². The number of hydrogen-bond donors (Lipinski definition) is 1. The first kappa shape index (κ1) is 20.9. The number of rotatable bonds is 6. The Morgan fingerprint density at radius 2 is 1.71 bits per heavy atom.